The minimum atomic E-state index is -0.829. The molecule has 4 aliphatic heterocycles. The van der Waals surface area contributed by atoms with Crippen LogP contribution in [0.1, 0.15) is 63.9 Å². The van der Waals surface area contributed by atoms with E-state index in [9.17, 15) is 14.4 Å². The lowest BCUT2D eigenvalue weighted by Crippen LogP contribution is -2.51. The SMILES string of the molecule is C=C1CCC(N2C(=O)c3ccc(OCCCCCN4CCN(CCOc5ccc6cc5COC/C=C/COCc5cccc(c5)-c5ccnc(n5)N6)CC4)cc3C2=O)C(=O)N1. The summed E-state index contributed by atoms with van der Waals surface area (Å²) in [5, 5.41) is 6.03. The van der Waals surface area contributed by atoms with Crippen LogP contribution in [0.3, 0.4) is 0 Å². The smallest absolute Gasteiger partial charge is 0.262 e. The van der Waals surface area contributed by atoms with Gasteiger partial charge in [0.2, 0.25) is 11.9 Å². The highest BCUT2D eigenvalue weighted by molar-refractivity contribution is 6.23. The third-order valence-corrected chi connectivity index (χ3v) is 11.4. The summed E-state index contributed by atoms with van der Waals surface area (Å²) < 4.78 is 24.2. The van der Waals surface area contributed by atoms with Gasteiger partial charge in [-0.15, -0.1) is 0 Å². The molecule has 14 nitrogen and oxygen atoms in total. The number of unbranched alkanes of at least 4 members (excludes halogenated alkanes) is 2. The number of fused-ring (bicyclic) bond motifs is 8. The molecule has 1 aromatic heterocycles. The highest BCUT2D eigenvalue weighted by atomic mass is 16.5. The van der Waals surface area contributed by atoms with E-state index in [0.29, 0.717) is 75.4 Å². The molecule has 4 aliphatic rings. The lowest BCUT2D eigenvalue weighted by molar-refractivity contribution is -0.125. The van der Waals surface area contributed by atoms with Gasteiger partial charge in [0, 0.05) is 61.4 Å². The minimum absolute atomic E-state index is 0.281. The number of imide groups is 1. The van der Waals surface area contributed by atoms with Gasteiger partial charge in [-0.1, -0.05) is 36.9 Å². The van der Waals surface area contributed by atoms with Crippen LogP contribution in [0.15, 0.2) is 97.4 Å². The Labute approximate surface area is 356 Å². The van der Waals surface area contributed by atoms with Gasteiger partial charge in [-0.25, -0.2) is 9.97 Å². The molecular weight excluding hydrogens is 775 g/mol. The summed E-state index contributed by atoms with van der Waals surface area (Å²) in [5.74, 6) is 0.579. The highest BCUT2D eigenvalue weighted by Gasteiger charge is 2.44. The lowest BCUT2D eigenvalue weighted by atomic mass is 10.0. The van der Waals surface area contributed by atoms with Gasteiger partial charge in [0.25, 0.3) is 11.8 Å². The van der Waals surface area contributed by atoms with Crippen LogP contribution in [0, 0.1) is 0 Å². The Balaban J connectivity index is 0.750. The van der Waals surface area contributed by atoms with Crippen molar-refractivity contribution >= 4 is 29.4 Å². The number of benzene rings is 3. The number of amides is 3. The molecule has 14 heteroatoms. The number of hydrogen-bond acceptors (Lipinski definition) is 12. The predicted molar refractivity (Wildman–Crippen MR) is 231 cm³/mol. The van der Waals surface area contributed by atoms with Gasteiger partial charge >= 0.3 is 0 Å². The van der Waals surface area contributed by atoms with Gasteiger partial charge in [0.1, 0.15) is 24.1 Å². The van der Waals surface area contributed by atoms with Crippen molar-refractivity contribution in [2.24, 2.45) is 0 Å². The first-order chi connectivity index (χ1) is 29.9. The minimum Gasteiger partial charge on any atom is -0.494 e. The number of carbonyl (C=O) groups is 3. The molecule has 2 fully saturated rings. The van der Waals surface area contributed by atoms with E-state index in [1.165, 1.54) is 0 Å². The van der Waals surface area contributed by atoms with E-state index in [-0.39, 0.29) is 11.5 Å². The van der Waals surface area contributed by atoms with Crippen LogP contribution in [0.5, 0.6) is 11.5 Å². The van der Waals surface area contributed by atoms with E-state index >= 15 is 0 Å². The topological polar surface area (TPSA) is 148 Å². The van der Waals surface area contributed by atoms with Crippen molar-refractivity contribution in [3.63, 3.8) is 0 Å². The van der Waals surface area contributed by atoms with E-state index < -0.39 is 17.9 Å². The van der Waals surface area contributed by atoms with Crippen LogP contribution >= 0.6 is 0 Å². The maximum atomic E-state index is 13.2. The maximum Gasteiger partial charge on any atom is 0.262 e. The molecule has 0 saturated carbocycles. The monoisotopic (exact) mass is 827 g/mol. The molecule has 3 aromatic carbocycles. The van der Waals surface area contributed by atoms with E-state index in [1.807, 2.05) is 48.6 Å². The molecule has 0 spiro atoms. The second kappa shape index (κ2) is 20.1. The molecule has 318 valence electrons. The van der Waals surface area contributed by atoms with Crippen LogP contribution in [0.4, 0.5) is 11.6 Å². The Kier molecular flexibility index (Phi) is 13.8. The molecule has 61 heavy (non-hydrogen) atoms. The number of allylic oxidation sites excluding steroid dienone is 1. The lowest BCUT2D eigenvalue weighted by Gasteiger charge is -2.34. The van der Waals surface area contributed by atoms with Crippen molar-refractivity contribution in [2.45, 2.75) is 51.4 Å². The zero-order valence-corrected chi connectivity index (χ0v) is 34.5. The van der Waals surface area contributed by atoms with Gasteiger partial charge in [-0.2, -0.15) is 0 Å². The summed E-state index contributed by atoms with van der Waals surface area (Å²) in [6.07, 6.45) is 9.59. The largest absolute Gasteiger partial charge is 0.494 e. The van der Waals surface area contributed by atoms with Gasteiger partial charge < -0.3 is 34.5 Å². The number of piperazine rings is 1. The fourth-order valence-electron chi connectivity index (χ4n) is 8.00. The second-order valence-electron chi connectivity index (χ2n) is 15.7. The molecular formula is C47H53N7O7. The first-order valence-electron chi connectivity index (χ1n) is 21.2. The molecule has 6 bridgehead atoms. The number of anilines is 2. The van der Waals surface area contributed by atoms with Crippen LogP contribution in [-0.2, 0) is 27.5 Å². The van der Waals surface area contributed by atoms with E-state index in [0.717, 1.165) is 97.3 Å². The molecule has 4 aromatic rings. The predicted octanol–water partition coefficient (Wildman–Crippen LogP) is 6.12. The third-order valence-electron chi connectivity index (χ3n) is 11.4. The summed E-state index contributed by atoms with van der Waals surface area (Å²) in [7, 11) is 0. The molecule has 2 N–H and O–H groups in total. The fraction of sp³-hybridized carbons (Fsp3) is 0.383. The average Bonchev–Trinajstić information content (AvgIpc) is 3.51. The number of nitrogens with one attached hydrogen (secondary N) is 2. The Bertz CT molecular complexity index is 2260. The zero-order valence-electron chi connectivity index (χ0n) is 34.5. The van der Waals surface area contributed by atoms with Crippen molar-refractivity contribution in [3.05, 3.63) is 120 Å². The van der Waals surface area contributed by atoms with E-state index in [4.69, 9.17) is 23.9 Å². The van der Waals surface area contributed by atoms with Crippen molar-refractivity contribution in [1.82, 2.24) is 30.0 Å². The molecule has 1 atom stereocenters. The molecule has 5 heterocycles. The van der Waals surface area contributed by atoms with Crippen molar-refractivity contribution in [1.29, 1.82) is 0 Å². The number of piperidine rings is 1. The first-order valence-corrected chi connectivity index (χ1v) is 21.2. The van der Waals surface area contributed by atoms with E-state index in [2.05, 4.69) is 44.1 Å². The molecule has 2 saturated heterocycles. The molecule has 1 unspecified atom stereocenters. The van der Waals surface area contributed by atoms with Gasteiger partial charge in [-0.05, 0) is 92.7 Å². The Hall–Kier alpha value is -5.93. The quantitative estimate of drug-likeness (QED) is 0.0963. The highest BCUT2D eigenvalue weighted by Crippen LogP contribution is 2.31. The molecule has 0 aliphatic carbocycles. The van der Waals surface area contributed by atoms with Crippen molar-refractivity contribution in [3.8, 4) is 22.8 Å². The van der Waals surface area contributed by atoms with Crippen LogP contribution < -0.4 is 20.1 Å². The standard InChI is InChI=1S/C47H53N7O7/c1-33-10-14-42(44(55)49-33)54-45(56)39-13-12-38(30-40(39)46(54)57)60-26-4-2-3-18-52-19-21-53(22-20-52)23-27-61-43-15-11-37-29-36(43)32-59-25-6-5-24-58-31-34-8-7-9-35(28-34)41-16-17-48-47(50-37)51-41/h5-9,11-13,15-17,28-30,42H,1-4,10,14,18-27,31-32H2,(H,49,55)(H,48,50,51)/b6-5+. The second-order valence-corrected chi connectivity index (χ2v) is 15.7. The van der Waals surface area contributed by atoms with Crippen molar-refractivity contribution in [2.75, 3.05) is 71.0 Å². The molecule has 3 amide bonds. The van der Waals surface area contributed by atoms with Gasteiger partial charge in [-0.3, -0.25) is 24.2 Å². The number of hydrogen-bond donors (Lipinski definition) is 2. The number of ether oxygens (including phenoxy) is 4. The third kappa shape index (κ3) is 10.7. The summed E-state index contributed by atoms with van der Waals surface area (Å²) >= 11 is 0. The zero-order chi connectivity index (χ0) is 42.0. The van der Waals surface area contributed by atoms with Gasteiger partial charge in [0.15, 0.2) is 0 Å². The average molecular weight is 828 g/mol. The Morgan fingerprint density at radius 2 is 1.57 bits per heavy atom. The fourth-order valence-corrected chi connectivity index (χ4v) is 8.00. The molecule has 0 radical (unpaired) electrons. The Morgan fingerprint density at radius 1 is 0.770 bits per heavy atom. The maximum absolute atomic E-state index is 13.2. The normalized spacial score (nSPS) is 19.3. The Morgan fingerprint density at radius 3 is 2.41 bits per heavy atom. The number of nitrogens with zero attached hydrogens (tertiary/aromatic N) is 5. The summed E-state index contributed by atoms with van der Waals surface area (Å²) in [4.78, 5) is 54.0. The molecule has 8 rings (SSSR count). The summed E-state index contributed by atoms with van der Waals surface area (Å²) in [6.45, 7) is 12.6. The van der Waals surface area contributed by atoms with Crippen LogP contribution in [0.2, 0.25) is 0 Å². The van der Waals surface area contributed by atoms with Crippen LogP contribution in [-0.4, -0.2) is 114 Å². The summed E-state index contributed by atoms with van der Waals surface area (Å²) in [5.41, 5.74) is 5.90. The summed E-state index contributed by atoms with van der Waals surface area (Å²) in [6, 6.07) is 20.3. The van der Waals surface area contributed by atoms with Gasteiger partial charge in [0.05, 0.1) is 49.9 Å². The van der Waals surface area contributed by atoms with Crippen molar-refractivity contribution < 1.29 is 33.3 Å². The number of rotatable bonds is 12. The first kappa shape index (κ1) is 41.8. The van der Waals surface area contributed by atoms with Crippen LogP contribution in [0.25, 0.3) is 11.3 Å². The van der Waals surface area contributed by atoms with E-state index in [1.54, 1.807) is 24.4 Å². The number of carbonyl (C=O) groups excluding carboxylic acids is 3. The number of aromatic nitrogens is 2.